The zero-order chi connectivity index (χ0) is 14.3. The van der Waals surface area contributed by atoms with Crippen LogP contribution in [0, 0.1) is 0 Å². The van der Waals surface area contributed by atoms with Gasteiger partial charge in [-0.25, -0.2) is 0 Å². The van der Waals surface area contributed by atoms with Crippen molar-refractivity contribution in [3.05, 3.63) is 35.7 Å². The van der Waals surface area contributed by atoms with Crippen molar-refractivity contribution in [3.8, 4) is 10.6 Å². The van der Waals surface area contributed by atoms with Gasteiger partial charge in [-0.2, -0.15) is 9.61 Å². The van der Waals surface area contributed by atoms with Gasteiger partial charge in [0.25, 0.3) is 0 Å². The van der Waals surface area contributed by atoms with E-state index < -0.39 is 0 Å². The molecule has 3 rings (SSSR count). The maximum atomic E-state index is 5.69. The minimum absolute atomic E-state index is 0.0795. The molecule has 0 saturated heterocycles. The van der Waals surface area contributed by atoms with Crippen LogP contribution in [0.25, 0.3) is 15.5 Å². The van der Waals surface area contributed by atoms with Crippen LogP contribution in [-0.2, 0) is 12.0 Å². The molecule has 6 heteroatoms. The van der Waals surface area contributed by atoms with Gasteiger partial charge < -0.3 is 5.73 Å². The molecule has 0 atom stereocenters. The van der Waals surface area contributed by atoms with E-state index in [1.807, 2.05) is 22.7 Å². The maximum absolute atomic E-state index is 5.69. The SMILES string of the molecule is CC(C)(C)c1nnc2sc(-c3cccc(CN)c3)nn12. The monoisotopic (exact) mass is 287 g/mol. The van der Waals surface area contributed by atoms with E-state index in [2.05, 4.69) is 42.1 Å². The lowest BCUT2D eigenvalue weighted by Gasteiger charge is -2.13. The van der Waals surface area contributed by atoms with Crippen molar-refractivity contribution < 1.29 is 0 Å². The quantitative estimate of drug-likeness (QED) is 0.786. The predicted molar refractivity (Wildman–Crippen MR) is 80.7 cm³/mol. The Labute approximate surface area is 121 Å². The van der Waals surface area contributed by atoms with E-state index in [1.54, 1.807) is 11.3 Å². The largest absolute Gasteiger partial charge is 0.326 e. The molecular formula is C14H17N5S. The average molecular weight is 287 g/mol. The number of hydrogen-bond donors (Lipinski definition) is 1. The minimum Gasteiger partial charge on any atom is -0.326 e. The fourth-order valence-electron chi connectivity index (χ4n) is 2.03. The molecule has 0 fully saturated rings. The first-order valence-corrected chi connectivity index (χ1v) is 7.33. The Balaban J connectivity index is 2.11. The highest BCUT2D eigenvalue weighted by Gasteiger charge is 2.23. The second-order valence-corrected chi connectivity index (χ2v) is 6.74. The highest BCUT2D eigenvalue weighted by Crippen LogP contribution is 2.28. The number of nitrogens with zero attached hydrogens (tertiary/aromatic N) is 4. The van der Waals surface area contributed by atoms with Crippen LogP contribution in [0.5, 0.6) is 0 Å². The number of fused-ring (bicyclic) bond motifs is 1. The van der Waals surface area contributed by atoms with E-state index in [0.717, 1.165) is 26.9 Å². The van der Waals surface area contributed by atoms with Crippen LogP contribution < -0.4 is 5.73 Å². The Kier molecular flexibility index (Phi) is 3.07. The highest BCUT2D eigenvalue weighted by molar-refractivity contribution is 7.19. The van der Waals surface area contributed by atoms with Crippen molar-refractivity contribution in [2.24, 2.45) is 5.73 Å². The summed E-state index contributed by atoms with van der Waals surface area (Å²) in [5.41, 5.74) is 7.78. The number of rotatable bonds is 2. The van der Waals surface area contributed by atoms with E-state index in [-0.39, 0.29) is 5.41 Å². The zero-order valence-electron chi connectivity index (χ0n) is 11.8. The summed E-state index contributed by atoms with van der Waals surface area (Å²) in [5, 5.41) is 14.0. The third-order valence-corrected chi connectivity index (χ3v) is 4.02. The summed E-state index contributed by atoms with van der Waals surface area (Å²) in [7, 11) is 0. The first-order chi connectivity index (χ1) is 9.49. The predicted octanol–water partition coefficient (Wildman–Crippen LogP) is 2.61. The molecule has 0 radical (unpaired) electrons. The van der Waals surface area contributed by atoms with Gasteiger partial charge in [-0.05, 0) is 11.6 Å². The molecule has 0 bridgehead atoms. The third-order valence-electron chi connectivity index (χ3n) is 3.07. The number of hydrogen-bond acceptors (Lipinski definition) is 5. The summed E-state index contributed by atoms with van der Waals surface area (Å²) < 4.78 is 1.84. The highest BCUT2D eigenvalue weighted by atomic mass is 32.1. The second-order valence-electron chi connectivity index (χ2n) is 5.78. The summed E-state index contributed by atoms with van der Waals surface area (Å²) in [6, 6.07) is 8.14. The van der Waals surface area contributed by atoms with Crippen LogP contribution in [-0.4, -0.2) is 19.8 Å². The standard InChI is InChI=1S/C14H17N5S/c1-14(2,3)12-16-17-13-19(12)18-11(20-13)10-6-4-5-9(7-10)8-15/h4-7H,8,15H2,1-3H3. The fraction of sp³-hybridized carbons (Fsp3) is 0.357. The van der Waals surface area contributed by atoms with Crippen LogP contribution in [0.15, 0.2) is 24.3 Å². The lowest BCUT2D eigenvalue weighted by atomic mass is 9.96. The number of benzene rings is 1. The smallest absolute Gasteiger partial charge is 0.235 e. The minimum atomic E-state index is -0.0795. The number of aromatic nitrogens is 4. The topological polar surface area (TPSA) is 69.1 Å². The molecule has 5 nitrogen and oxygen atoms in total. The lowest BCUT2D eigenvalue weighted by molar-refractivity contribution is 0.528. The average Bonchev–Trinajstić information content (AvgIpc) is 2.97. The van der Waals surface area contributed by atoms with Gasteiger partial charge in [-0.1, -0.05) is 50.3 Å². The molecule has 0 spiro atoms. The van der Waals surface area contributed by atoms with Crippen molar-refractivity contribution in [1.82, 2.24) is 19.8 Å². The van der Waals surface area contributed by atoms with Gasteiger partial charge in [-0.3, -0.25) is 0 Å². The van der Waals surface area contributed by atoms with Gasteiger partial charge in [0.15, 0.2) is 5.82 Å². The molecule has 2 N–H and O–H groups in total. The number of nitrogens with two attached hydrogens (primary N) is 1. The lowest BCUT2D eigenvalue weighted by Crippen LogP contribution is -2.16. The van der Waals surface area contributed by atoms with Gasteiger partial charge >= 0.3 is 0 Å². The van der Waals surface area contributed by atoms with Gasteiger partial charge in [0, 0.05) is 17.5 Å². The summed E-state index contributed by atoms with van der Waals surface area (Å²) in [6.07, 6.45) is 0. The Hall–Kier alpha value is -1.79. The summed E-state index contributed by atoms with van der Waals surface area (Å²) in [4.78, 5) is 0.822. The van der Waals surface area contributed by atoms with E-state index in [9.17, 15) is 0 Å². The molecule has 2 aromatic heterocycles. The Morgan fingerprint density at radius 3 is 2.75 bits per heavy atom. The second kappa shape index (κ2) is 4.64. The molecule has 0 aliphatic heterocycles. The molecule has 0 amide bonds. The fourth-order valence-corrected chi connectivity index (χ4v) is 2.87. The molecule has 0 unspecified atom stereocenters. The van der Waals surface area contributed by atoms with Gasteiger partial charge in [0.05, 0.1) is 0 Å². The molecule has 20 heavy (non-hydrogen) atoms. The van der Waals surface area contributed by atoms with Crippen LogP contribution in [0.2, 0.25) is 0 Å². The van der Waals surface area contributed by atoms with Crippen molar-refractivity contribution in [2.45, 2.75) is 32.7 Å². The summed E-state index contributed by atoms with van der Waals surface area (Å²) in [5.74, 6) is 0.880. The van der Waals surface area contributed by atoms with Crippen molar-refractivity contribution in [1.29, 1.82) is 0 Å². The Morgan fingerprint density at radius 1 is 1.25 bits per heavy atom. The molecule has 1 aromatic carbocycles. The molecule has 104 valence electrons. The van der Waals surface area contributed by atoms with Crippen LogP contribution in [0.4, 0.5) is 0 Å². The first kappa shape index (κ1) is 13.2. The van der Waals surface area contributed by atoms with Crippen LogP contribution in [0.3, 0.4) is 0 Å². The molecular weight excluding hydrogens is 270 g/mol. The molecule has 2 heterocycles. The van der Waals surface area contributed by atoms with Crippen LogP contribution >= 0.6 is 11.3 Å². The van der Waals surface area contributed by atoms with Gasteiger partial charge in [-0.15, -0.1) is 10.2 Å². The van der Waals surface area contributed by atoms with Crippen molar-refractivity contribution in [2.75, 3.05) is 0 Å². The third kappa shape index (κ3) is 2.21. The molecule has 0 saturated carbocycles. The molecule has 0 aliphatic carbocycles. The normalized spacial score (nSPS) is 12.2. The van der Waals surface area contributed by atoms with E-state index in [4.69, 9.17) is 5.73 Å². The van der Waals surface area contributed by atoms with E-state index in [0.29, 0.717) is 6.54 Å². The summed E-state index contributed by atoms with van der Waals surface area (Å²) in [6.45, 7) is 6.86. The maximum Gasteiger partial charge on any atom is 0.235 e. The van der Waals surface area contributed by atoms with Crippen molar-refractivity contribution in [3.63, 3.8) is 0 Å². The zero-order valence-corrected chi connectivity index (χ0v) is 12.6. The Morgan fingerprint density at radius 2 is 2.05 bits per heavy atom. The van der Waals surface area contributed by atoms with E-state index >= 15 is 0 Å². The molecule has 3 aromatic rings. The van der Waals surface area contributed by atoms with Gasteiger partial charge in [0.1, 0.15) is 5.01 Å². The van der Waals surface area contributed by atoms with Gasteiger partial charge in [0.2, 0.25) is 4.96 Å². The summed E-state index contributed by atoms with van der Waals surface area (Å²) >= 11 is 1.54. The van der Waals surface area contributed by atoms with Crippen LogP contribution in [0.1, 0.15) is 32.2 Å². The molecule has 0 aliphatic rings. The first-order valence-electron chi connectivity index (χ1n) is 6.51. The van der Waals surface area contributed by atoms with Crippen molar-refractivity contribution >= 4 is 16.3 Å². The Bertz CT molecular complexity index is 750. The van der Waals surface area contributed by atoms with E-state index in [1.165, 1.54) is 0 Å².